The number of carbonyl (C=O) groups is 2. The smallest absolute Gasteiger partial charge is 0.364 e. The van der Waals surface area contributed by atoms with Gasteiger partial charge in [-0.15, -0.1) is 0 Å². The molecule has 15 nitrogen and oxygen atoms in total. The van der Waals surface area contributed by atoms with Crippen molar-refractivity contribution in [2.75, 3.05) is 13.2 Å². The van der Waals surface area contributed by atoms with Crippen LogP contribution in [0.3, 0.4) is 0 Å². The lowest BCUT2D eigenvalue weighted by Gasteiger charge is -2.49. The number of ether oxygens (including phenoxy) is 3. The third-order valence-electron chi connectivity index (χ3n) is 5.17. The van der Waals surface area contributed by atoms with Crippen LogP contribution < -0.4 is 0 Å². The van der Waals surface area contributed by atoms with E-state index in [-0.39, 0.29) is 0 Å². The zero-order valence-electron chi connectivity index (χ0n) is 16.0. The van der Waals surface area contributed by atoms with Crippen LogP contribution in [0.1, 0.15) is 12.8 Å². The van der Waals surface area contributed by atoms with E-state index in [9.17, 15) is 50.4 Å². The number of hydrogen-bond acceptors (Lipinski definition) is 13. The summed E-state index contributed by atoms with van der Waals surface area (Å²) in [6.45, 7) is -2.06. The highest BCUT2D eigenvalue weighted by Gasteiger charge is 2.60. The molecule has 0 radical (unpaired) electrons. The second-order valence-corrected chi connectivity index (χ2v) is 7.43. The van der Waals surface area contributed by atoms with E-state index in [1.165, 1.54) is 0 Å². The predicted molar refractivity (Wildman–Crippen MR) is 91.0 cm³/mol. The minimum absolute atomic E-state index is 0.952. The lowest BCUT2D eigenvalue weighted by Crippen LogP contribution is -2.68. The molecule has 0 saturated carbocycles. The van der Waals surface area contributed by atoms with Crippen molar-refractivity contribution in [2.24, 2.45) is 0 Å². The molecule has 10 N–H and O–H groups in total. The van der Waals surface area contributed by atoms with Crippen LogP contribution in [-0.2, 0) is 23.8 Å². The molecule has 0 aromatic rings. The van der Waals surface area contributed by atoms with E-state index < -0.39 is 98.4 Å². The third kappa shape index (κ3) is 4.96. The van der Waals surface area contributed by atoms with Crippen LogP contribution in [0.5, 0.6) is 0 Å². The van der Waals surface area contributed by atoms with Gasteiger partial charge in [-0.05, 0) is 0 Å². The highest BCUT2D eigenvalue weighted by Crippen LogP contribution is 2.38. The van der Waals surface area contributed by atoms with Gasteiger partial charge in [0, 0.05) is 12.8 Å². The van der Waals surface area contributed by atoms with Gasteiger partial charge in [0.1, 0.15) is 36.6 Å². The molecule has 0 aromatic carbocycles. The first-order valence-corrected chi connectivity index (χ1v) is 9.16. The maximum Gasteiger partial charge on any atom is 0.364 e. The highest BCUT2D eigenvalue weighted by molar-refractivity contribution is 5.76. The van der Waals surface area contributed by atoms with Crippen LogP contribution in [0, 0.1) is 0 Å². The van der Waals surface area contributed by atoms with Gasteiger partial charge in [0.2, 0.25) is 0 Å². The lowest BCUT2D eigenvalue weighted by atomic mass is 9.90. The number of carboxylic acids is 2. The number of aliphatic hydroxyl groups excluding tert-OH is 7. The monoisotopic (exact) mass is 458 g/mol. The van der Waals surface area contributed by atoms with E-state index >= 15 is 0 Å². The Kier molecular flexibility index (Phi) is 7.94. The van der Waals surface area contributed by atoms with E-state index in [4.69, 9.17) is 24.4 Å². The van der Waals surface area contributed by atoms with Gasteiger partial charge in [-0.3, -0.25) is 0 Å². The Bertz CT molecular complexity index is 659. The van der Waals surface area contributed by atoms with Crippen molar-refractivity contribution in [3.05, 3.63) is 0 Å². The summed E-state index contributed by atoms with van der Waals surface area (Å²) in [4.78, 5) is 23.3. The Morgan fingerprint density at radius 3 is 1.94 bits per heavy atom. The number of aliphatic hydroxyl groups is 8. The Morgan fingerprint density at radius 2 is 1.45 bits per heavy atom. The molecule has 0 aliphatic carbocycles. The molecule has 2 aliphatic rings. The number of aliphatic carboxylic acids is 2. The van der Waals surface area contributed by atoms with Crippen molar-refractivity contribution in [1.29, 1.82) is 0 Å². The minimum atomic E-state index is -3.00. The van der Waals surface area contributed by atoms with Gasteiger partial charge in [-0.1, -0.05) is 0 Å². The average molecular weight is 458 g/mol. The Labute approximate surface area is 174 Å². The van der Waals surface area contributed by atoms with E-state index in [1.54, 1.807) is 0 Å². The topological polar surface area (TPSA) is 264 Å². The molecule has 2 saturated heterocycles. The van der Waals surface area contributed by atoms with Crippen LogP contribution in [0.25, 0.3) is 0 Å². The molecule has 2 fully saturated rings. The van der Waals surface area contributed by atoms with Crippen molar-refractivity contribution >= 4 is 11.9 Å². The van der Waals surface area contributed by atoms with Gasteiger partial charge in [0.15, 0.2) is 0 Å². The Hall–Kier alpha value is -1.50. The highest BCUT2D eigenvalue weighted by atomic mass is 16.8. The summed E-state index contributed by atoms with van der Waals surface area (Å²) in [6.07, 6.45) is -17.2. The molecule has 2 heterocycles. The molecular weight excluding hydrogens is 432 g/mol. The van der Waals surface area contributed by atoms with Crippen molar-refractivity contribution in [2.45, 2.75) is 73.2 Å². The van der Waals surface area contributed by atoms with Crippen molar-refractivity contribution in [3.8, 4) is 0 Å². The molecule has 10 atom stereocenters. The van der Waals surface area contributed by atoms with Crippen LogP contribution in [0.2, 0.25) is 0 Å². The molecule has 0 amide bonds. The molecule has 2 rings (SSSR count). The zero-order chi connectivity index (χ0) is 23.7. The number of rotatable bonds is 8. The molecule has 2 aliphatic heterocycles. The van der Waals surface area contributed by atoms with Crippen LogP contribution in [0.15, 0.2) is 0 Å². The first-order valence-electron chi connectivity index (χ1n) is 9.16. The zero-order valence-corrected chi connectivity index (χ0v) is 16.0. The van der Waals surface area contributed by atoms with Crippen molar-refractivity contribution in [3.63, 3.8) is 0 Å². The number of carboxylic acid groups (broad SMARTS) is 2. The summed E-state index contributed by atoms with van der Waals surface area (Å²) in [5.74, 6) is -9.72. The fourth-order valence-corrected chi connectivity index (χ4v) is 3.49. The van der Waals surface area contributed by atoms with Gasteiger partial charge in [-0.25, -0.2) is 9.59 Å². The van der Waals surface area contributed by atoms with E-state index in [2.05, 4.69) is 0 Å². The molecule has 0 spiro atoms. The van der Waals surface area contributed by atoms with Crippen molar-refractivity contribution < 1.29 is 74.9 Å². The summed E-state index contributed by atoms with van der Waals surface area (Å²) in [6, 6.07) is 0. The third-order valence-corrected chi connectivity index (χ3v) is 5.17. The molecule has 31 heavy (non-hydrogen) atoms. The first-order chi connectivity index (χ1) is 14.3. The molecule has 0 aromatic heterocycles. The maximum absolute atomic E-state index is 12.0. The lowest BCUT2D eigenvalue weighted by molar-refractivity contribution is -0.375. The summed E-state index contributed by atoms with van der Waals surface area (Å²) in [7, 11) is 0. The van der Waals surface area contributed by atoms with Gasteiger partial charge >= 0.3 is 11.9 Å². The summed E-state index contributed by atoms with van der Waals surface area (Å²) in [5, 5.41) is 97.4. The van der Waals surface area contributed by atoms with E-state index in [1.807, 2.05) is 0 Å². The SMILES string of the molecule is O=C(O)[C@@]1(O[C@H]2[C@@H]([C@@H](O)CO)O[C@@](O)(C(=O)O)C[C@H]2O)C[C@@H](O)[C@@H](O)[C@@H]([C@@H](O)CO)O1. The largest absolute Gasteiger partial charge is 0.477 e. The normalized spacial score (nSPS) is 43.2. The molecule has 0 bridgehead atoms. The Balaban J connectivity index is 2.42. The van der Waals surface area contributed by atoms with E-state index in [0.717, 1.165) is 0 Å². The molecule has 0 unspecified atom stereocenters. The second kappa shape index (κ2) is 9.55. The maximum atomic E-state index is 12.0. The van der Waals surface area contributed by atoms with Gasteiger partial charge in [0.05, 0.1) is 25.4 Å². The summed E-state index contributed by atoms with van der Waals surface area (Å²) >= 11 is 0. The van der Waals surface area contributed by atoms with Crippen LogP contribution >= 0.6 is 0 Å². The van der Waals surface area contributed by atoms with Crippen LogP contribution in [-0.4, -0.2) is 137 Å². The standard InChI is InChI=1S/C16H26O15/c17-3-7(21)10-9(23)5(19)2-16(30-10,14(26)27)31-11-6(20)1-15(28,13(24)25)29-12(11)8(22)4-18/h5-12,17-23,28H,1-4H2,(H,24,25)(H,26,27)/t5-,6-,7+,8+,9-,10-,11-,12-,15-,16+/m1/s1. The second-order valence-electron chi connectivity index (χ2n) is 7.43. The molecule has 15 heteroatoms. The fraction of sp³-hybridized carbons (Fsp3) is 0.875. The predicted octanol–water partition coefficient (Wildman–Crippen LogP) is -5.71. The number of hydrogen-bond donors (Lipinski definition) is 10. The van der Waals surface area contributed by atoms with Gasteiger partial charge in [0.25, 0.3) is 11.6 Å². The van der Waals surface area contributed by atoms with Gasteiger partial charge < -0.3 is 65.3 Å². The average Bonchev–Trinajstić information content (AvgIpc) is 2.70. The summed E-state index contributed by atoms with van der Waals surface area (Å²) < 4.78 is 15.4. The molecular formula is C16H26O15. The molecule has 180 valence electrons. The van der Waals surface area contributed by atoms with Crippen molar-refractivity contribution in [1.82, 2.24) is 0 Å². The van der Waals surface area contributed by atoms with Crippen LogP contribution in [0.4, 0.5) is 0 Å². The summed E-state index contributed by atoms with van der Waals surface area (Å²) in [5.41, 5.74) is 0. The fourth-order valence-electron chi connectivity index (χ4n) is 3.49. The van der Waals surface area contributed by atoms with E-state index in [0.29, 0.717) is 0 Å². The van der Waals surface area contributed by atoms with Gasteiger partial charge in [-0.2, -0.15) is 0 Å². The minimum Gasteiger partial charge on any atom is -0.477 e. The quantitative estimate of drug-likeness (QED) is 0.162. The first kappa shape index (κ1) is 25.8. The Morgan fingerprint density at radius 1 is 0.903 bits per heavy atom.